The maximum Gasteiger partial charge on any atom is 0.254 e. The molecule has 0 saturated heterocycles. The van der Waals surface area contributed by atoms with Crippen molar-refractivity contribution in [1.82, 2.24) is 30.0 Å². The van der Waals surface area contributed by atoms with Crippen molar-refractivity contribution in [2.45, 2.75) is 0 Å². The van der Waals surface area contributed by atoms with Gasteiger partial charge in [0.15, 0.2) is 5.78 Å². The number of ketones is 1. The molecule has 0 unspecified atom stereocenters. The van der Waals surface area contributed by atoms with Gasteiger partial charge in [-0.25, -0.2) is 9.36 Å². The SMILES string of the molecule is O=C1c2cc(-c3ccccc3)c3nnn4c3c2B2c3c-4cc(-c4ccccc4)cc3-n3nnc4c(-c5ccccc5)cc1c2c43. The van der Waals surface area contributed by atoms with Crippen molar-refractivity contribution in [2.24, 2.45) is 0 Å². The summed E-state index contributed by atoms with van der Waals surface area (Å²) in [7, 11) is 0. The van der Waals surface area contributed by atoms with Crippen LogP contribution in [0.4, 0.5) is 0 Å². The zero-order valence-electron chi connectivity index (χ0n) is 23.6. The van der Waals surface area contributed by atoms with Crippen LogP contribution < -0.4 is 16.4 Å². The smallest absolute Gasteiger partial charge is 0.254 e. The summed E-state index contributed by atoms with van der Waals surface area (Å²) in [6, 6.07) is 39.2. The molecule has 0 atom stereocenters. The molecule has 45 heavy (non-hydrogen) atoms. The number of carbonyl (C=O) groups excluding carboxylic acids is 1. The summed E-state index contributed by atoms with van der Waals surface area (Å²) < 4.78 is 3.89. The van der Waals surface area contributed by atoms with Gasteiger partial charge in [0, 0.05) is 22.3 Å². The van der Waals surface area contributed by atoms with Crippen LogP contribution in [0.25, 0.3) is 66.8 Å². The fraction of sp³-hybridized carbons (Fsp3) is 0. The summed E-state index contributed by atoms with van der Waals surface area (Å²) in [5.74, 6) is 0.00252. The lowest BCUT2D eigenvalue weighted by molar-refractivity contribution is 0.104. The van der Waals surface area contributed by atoms with E-state index in [1.807, 2.05) is 64.0 Å². The quantitative estimate of drug-likeness (QED) is 0.282. The third-order valence-corrected chi connectivity index (χ3v) is 9.74. The van der Waals surface area contributed by atoms with Gasteiger partial charge in [0.05, 0.1) is 22.4 Å². The molecule has 8 aromatic rings. The van der Waals surface area contributed by atoms with Gasteiger partial charge in [-0.05, 0) is 62.9 Å². The van der Waals surface area contributed by atoms with Crippen LogP contribution in [0.2, 0.25) is 0 Å². The zero-order chi connectivity index (χ0) is 29.4. The van der Waals surface area contributed by atoms with Crippen LogP contribution in [0.15, 0.2) is 115 Å². The molecule has 3 aliphatic rings. The Bertz CT molecular complexity index is 2450. The van der Waals surface area contributed by atoms with E-state index in [2.05, 4.69) is 60.7 Å². The summed E-state index contributed by atoms with van der Waals surface area (Å²) >= 11 is 0. The molecule has 0 bridgehead atoms. The molecular formula is C37H19BN6O. The lowest BCUT2D eigenvalue weighted by atomic mass is 9.31. The number of fused-ring (bicyclic) bond motifs is 2. The first kappa shape index (κ1) is 23.3. The van der Waals surface area contributed by atoms with Gasteiger partial charge >= 0.3 is 0 Å². The summed E-state index contributed by atoms with van der Waals surface area (Å²) in [5.41, 5.74) is 15.6. The summed E-state index contributed by atoms with van der Waals surface area (Å²) in [4.78, 5) is 14.8. The molecule has 206 valence electrons. The molecule has 0 amide bonds. The number of hydrogen-bond acceptors (Lipinski definition) is 5. The molecule has 11 rings (SSSR count). The Balaban J connectivity index is 1.34. The molecule has 7 nitrogen and oxygen atoms in total. The Kier molecular flexibility index (Phi) is 4.18. The van der Waals surface area contributed by atoms with Crippen molar-refractivity contribution in [2.75, 3.05) is 0 Å². The normalized spacial score (nSPS) is 13.3. The van der Waals surface area contributed by atoms with Gasteiger partial charge in [-0.1, -0.05) is 101 Å². The highest BCUT2D eigenvalue weighted by molar-refractivity contribution is 7.02. The fourth-order valence-corrected chi connectivity index (χ4v) is 7.86. The number of nitrogens with zero attached hydrogens (tertiary/aromatic N) is 6. The second kappa shape index (κ2) is 8.06. The van der Waals surface area contributed by atoms with E-state index >= 15 is 0 Å². The predicted octanol–water partition coefficient (Wildman–Crippen LogP) is 4.84. The van der Waals surface area contributed by atoms with Crippen LogP contribution in [0.3, 0.4) is 0 Å². The molecule has 0 N–H and O–H groups in total. The Hall–Kier alpha value is -6.15. The van der Waals surface area contributed by atoms with Gasteiger partial charge in [-0.2, -0.15) is 0 Å². The summed E-state index contributed by atoms with van der Waals surface area (Å²) in [5, 5.41) is 19.1. The maximum atomic E-state index is 14.8. The van der Waals surface area contributed by atoms with Crippen molar-refractivity contribution < 1.29 is 4.79 Å². The second-order valence-corrected chi connectivity index (χ2v) is 12.0. The van der Waals surface area contributed by atoms with E-state index in [1.165, 1.54) is 0 Å². The number of rotatable bonds is 3. The average molecular weight is 574 g/mol. The van der Waals surface area contributed by atoms with Crippen molar-refractivity contribution >= 4 is 51.0 Å². The summed E-state index contributed by atoms with van der Waals surface area (Å²) in [6.45, 7) is -0.181. The first-order chi connectivity index (χ1) is 22.3. The van der Waals surface area contributed by atoms with E-state index in [4.69, 9.17) is 20.6 Å². The molecule has 0 aliphatic carbocycles. The molecule has 0 fully saturated rings. The largest absolute Gasteiger partial charge is 0.289 e. The van der Waals surface area contributed by atoms with Gasteiger partial charge in [-0.15, -0.1) is 10.2 Å². The molecule has 0 saturated carbocycles. The minimum Gasteiger partial charge on any atom is -0.289 e. The van der Waals surface area contributed by atoms with E-state index in [0.29, 0.717) is 11.1 Å². The minimum atomic E-state index is -0.181. The number of aromatic nitrogens is 6. The van der Waals surface area contributed by atoms with Gasteiger partial charge in [0.25, 0.3) is 6.71 Å². The third kappa shape index (κ3) is 2.80. The molecule has 8 heteroatoms. The van der Waals surface area contributed by atoms with E-state index in [1.54, 1.807) is 0 Å². The summed E-state index contributed by atoms with van der Waals surface area (Å²) in [6.07, 6.45) is 0. The van der Waals surface area contributed by atoms with E-state index < -0.39 is 0 Å². The lowest BCUT2D eigenvalue weighted by Crippen LogP contribution is -2.64. The first-order valence-corrected chi connectivity index (χ1v) is 15.0. The van der Waals surface area contributed by atoms with Crippen LogP contribution in [0, 0.1) is 0 Å². The molecule has 0 spiro atoms. The second-order valence-electron chi connectivity index (χ2n) is 12.0. The highest BCUT2D eigenvalue weighted by atomic mass is 16.1. The van der Waals surface area contributed by atoms with Gasteiger partial charge < -0.3 is 0 Å². The number of carbonyl (C=O) groups is 1. The first-order valence-electron chi connectivity index (χ1n) is 15.0. The maximum absolute atomic E-state index is 14.8. The van der Waals surface area contributed by atoms with Crippen molar-refractivity contribution in [3.05, 3.63) is 126 Å². The average Bonchev–Trinajstić information content (AvgIpc) is 3.75. The lowest BCUT2D eigenvalue weighted by Gasteiger charge is -2.36. The number of benzene rings is 6. The standard InChI is InChI=1S/C37H19BN6O/c45-37-26-18-24(21-12-6-2-7-13-21)33-35-30(26)38-31-27(37)19-25(22-14-8-3-9-15-22)34-36(31)44(42-40-34)29-17-23(20-10-4-1-5-11-20)16-28(32(29)38)43(35)41-39-33/h1-19H. The Morgan fingerprint density at radius 3 is 1.38 bits per heavy atom. The van der Waals surface area contributed by atoms with Crippen LogP contribution in [0.5, 0.6) is 0 Å². The highest BCUT2D eigenvalue weighted by Gasteiger charge is 2.48. The van der Waals surface area contributed by atoms with Crippen LogP contribution in [-0.2, 0) is 0 Å². The molecule has 3 aliphatic heterocycles. The molecule has 0 radical (unpaired) electrons. The van der Waals surface area contributed by atoms with Crippen molar-refractivity contribution in [1.29, 1.82) is 0 Å². The van der Waals surface area contributed by atoms with Crippen LogP contribution >= 0.6 is 0 Å². The Morgan fingerprint density at radius 2 is 0.911 bits per heavy atom. The van der Waals surface area contributed by atoms with E-state index in [0.717, 1.165) is 83.2 Å². The predicted molar refractivity (Wildman–Crippen MR) is 176 cm³/mol. The van der Waals surface area contributed by atoms with Crippen molar-refractivity contribution in [3.8, 4) is 44.8 Å². The number of hydrogen-bond donors (Lipinski definition) is 0. The molecular weight excluding hydrogens is 555 g/mol. The zero-order valence-corrected chi connectivity index (χ0v) is 23.6. The van der Waals surface area contributed by atoms with Crippen LogP contribution in [0.1, 0.15) is 15.9 Å². The molecule has 2 aromatic heterocycles. The van der Waals surface area contributed by atoms with Crippen molar-refractivity contribution in [3.63, 3.8) is 0 Å². The Labute approximate surface area is 256 Å². The fourth-order valence-electron chi connectivity index (χ4n) is 7.86. The van der Waals surface area contributed by atoms with Gasteiger partial charge in [0.2, 0.25) is 0 Å². The minimum absolute atomic E-state index is 0.00252. The monoisotopic (exact) mass is 574 g/mol. The van der Waals surface area contributed by atoms with Gasteiger partial charge in [0.1, 0.15) is 11.0 Å². The van der Waals surface area contributed by atoms with E-state index in [9.17, 15) is 4.79 Å². The molecule has 6 aromatic carbocycles. The highest BCUT2D eigenvalue weighted by Crippen LogP contribution is 2.40. The third-order valence-electron chi connectivity index (χ3n) is 9.74. The van der Waals surface area contributed by atoms with E-state index in [-0.39, 0.29) is 12.5 Å². The Morgan fingerprint density at radius 1 is 0.467 bits per heavy atom. The van der Waals surface area contributed by atoms with Crippen LogP contribution in [-0.4, -0.2) is 42.5 Å². The topological polar surface area (TPSA) is 78.5 Å². The van der Waals surface area contributed by atoms with Gasteiger partial charge in [-0.3, -0.25) is 4.79 Å². The molecule has 5 heterocycles.